The van der Waals surface area contributed by atoms with Crippen LogP contribution < -0.4 is 10.1 Å². The van der Waals surface area contributed by atoms with Gasteiger partial charge < -0.3 is 24.3 Å². The summed E-state index contributed by atoms with van der Waals surface area (Å²) >= 11 is 0. The molecule has 0 aliphatic heterocycles. The lowest BCUT2D eigenvalue weighted by Gasteiger charge is -2.25. The van der Waals surface area contributed by atoms with Gasteiger partial charge in [-0.15, -0.1) is 0 Å². The van der Waals surface area contributed by atoms with Crippen molar-refractivity contribution in [2.75, 3.05) is 7.11 Å². The summed E-state index contributed by atoms with van der Waals surface area (Å²) in [5.74, 6) is 0.663. The lowest BCUT2D eigenvalue weighted by Crippen LogP contribution is -2.31. The van der Waals surface area contributed by atoms with E-state index in [9.17, 15) is 9.13 Å². The third kappa shape index (κ3) is 3.73. The molecule has 0 heterocycles. The molecule has 118 valence electrons. The van der Waals surface area contributed by atoms with Crippen LogP contribution in [-0.2, 0) is 15.6 Å². The number of ether oxygens (including phenoxy) is 1. The summed E-state index contributed by atoms with van der Waals surface area (Å²) in [5, 5.41) is 2.42. The Labute approximate surface area is 121 Å². The van der Waals surface area contributed by atoms with Crippen LogP contribution in [0.2, 0.25) is 0 Å². The first-order valence-electron chi connectivity index (χ1n) is 6.16. The lowest BCUT2D eigenvalue weighted by atomic mass is 10.1. The van der Waals surface area contributed by atoms with Crippen molar-refractivity contribution in [3.05, 3.63) is 29.3 Å². The lowest BCUT2D eigenvalue weighted by molar-refractivity contribution is 0.320. The maximum atomic E-state index is 11.3. The maximum absolute atomic E-state index is 11.3. The molecule has 0 aromatic heterocycles. The van der Waals surface area contributed by atoms with Crippen LogP contribution >= 0.6 is 15.2 Å². The molecule has 1 aliphatic carbocycles. The van der Waals surface area contributed by atoms with Crippen molar-refractivity contribution in [3.63, 3.8) is 0 Å². The minimum Gasteiger partial charge on any atom is -0.497 e. The highest BCUT2D eigenvalue weighted by molar-refractivity contribution is 7.70. The summed E-state index contributed by atoms with van der Waals surface area (Å²) in [7, 11) is -8.42. The molecular formula is C11H17NO7P2. The van der Waals surface area contributed by atoms with Gasteiger partial charge in [-0.1, -0.05) is 6.07 Å². The van der Waals surface area contributed by atoms with Crippen LogP contribution in [0.3, 0.4) is 0 Å². The van der Waals surface area contributed by atoms with Crippen LogP contribution in [0.25, 0.3) is 0 Å². The van der Waals surface area contributed by atoms with Crippen molar-refractivity contribution in [2.45, 2.75) is 24.4 Å². The Balaban J connectivity index is 2.26. The molecule has 0 bridgehead atoms. The Kier molecular flexibility index (Phi) is 4.61. The number of fused-ring (bicyclic) bond motifs is 1. The van der Waals surface area contributed by atoms with Gasteiger partial charge >= 0.3 is 15.2 Å². The fourth-order valence-electron chi connectivity index (χ4n) is 2.46. The molecule has 0 spiro atoms. The fourth-order valence-corrected chi connectivity index (χ4v) is 4.78. The second kappa shape index (κ2) is 5.82. The summed E-state index contributed by atoms with van der Waals surface area (Å²) < 4.78 is 27.7. The molecule has 1 aromatic carbocycles. The minimum atomic E-state index is -4.98. The molecular weight excluding hydrogens is 320 g/mol. The molecule has 0 fully saturated rings. The van der Waals surface area contributed by atoms with Crippen molar-refractivity contribution in [1.29, 1.82) is 0 Å². The van der Waals surface area contributed by atoms with Crippen LogP contribution in [0.1, 0.15) is 23.6 Å². The highest BCUT2D eigenvalue weighted by atomic mass is 31.2. The van der Waals surface area contributed by atoms with Gasteiger partial charge in [0, 0.05) is 6.04 Å². The molecule has 1 atom stereocenters. The van der Waals surface area contributed by atoms with Crippen molar-refractivity contribution in [1.82, 2.24) is 5.32 Å². The second-order valence-corrected chi connectivity index (χ2v) is 8.67. The summed E-state index contributed by atoms with van der Waals surface area (Å²) in [6.07, 6.45) is 1.14. The minimum absolute atomic E-state index is 0.499. The van der Waals surface area contributed by atoms with Gasteiger partial charge in [0.05, 0.1) is 7.11 Å². The molecule has 0 radical (unpaired) electrons. The van der Waals surface area contributed by atoms with E-state index in [1.54, 1.807) is 18.2 Å². The smallest absolute Gasteiger partial charge is 0.354 e. The quantitative estimate of drug-likeness (QED) is 0.500. The molecule has 1 unspecified atom stereocenters. The van der Waals surface area contributed by atoms with E-state index in [1.807, 2.05) is 0 Å². The van der Waals surface area contributed by atoms with Crippen LogP contribution in [0.5, 0.6) is 5.75 Å². The normalized spacial score (nSPS) is 18.9. The molecule has 0 saturated carbocycles. The van der Waals surface area contributed by atoms with Gasteiger partial charge in [0.1, 0.15) is 5.75 Å². The van der Waals surface area contributed by atoms with E-state index < -0.39 is 26.8 Å². The molecule has 0 saturated heterocycles. The number of aryl methyl sites for hydroxylation is 1. The third-order valence-electron chi connectivity index (χ3n) is 3.42. The Bertz CT molecular complexity index is 601. The predicted molar refractivity (Wildman–Crippen MR) is 75.1 cm³/mol. The molecule has 2 rings (SSSR count). The van der Waals surface area contributed by atoms with Crippen LogP contribution in [0.4, 0.5) is 0 Å². The van der Waals surface area contributed by atoms with E-state index in [0.717, 1.165) is 11.1 Å². The first-order chi connectivity index (χ1) is 9.63. The van der Waals surface area contributed by atoms with Crippen LogP contribution in [0, 0.1) is 0 Å². The van der Waals surface area contributed by atoms with Gasteiger partial charge in [-0.2, -0.15) is 0 Å². The van der Waals surface area contributed by atoms with E-state index in [-0.39, 0.29) is 0 Å². The summed E-state index contributed by atoms with van der Waals surface area (Å²) in [5.41, 5.74) is -0.493. The monoisotopic (exact) mass is 337 g/mol. The zero-order valence-corrected chi connectivity index (χ0v) is 13.0. The Morgan fingerprint density at radius 3 is 2.38 bits per heavy atom. The number of hydrogen-bond donors (Lipinski definition) is 5. The second-order valence-electron chi connectivity index (χ2n) is 4.87. The Morgan fingerprint density at radius 1 is 1.24 bits per heavy atom. The first-order valence-corrected chi connectivity index (χ1v) is 9.52. The van der Waals surface area contributed by atoms with Crippen molar-refractivity contribution in [2.24, 2.45) is 0 Å². The van der Waals surface area contributed by atoms with Gasteiger partial charge in [0.15, 0.2) is 0 Å². The first kappa shape index (κ1) is 16.6. The highest BCUT2D eigenvalue weighted by Gasteiger charge is 2.45. The van der Waals surface area contributed by atoms with Gasteiger partial charge in [-0.05, 0) is 36.1 Å². The van der Waals surface area contributed by atoms with Crippen LogP contribution in [0.15, 0.2) is 18.2 Å². The molecule has 5 N–H and O–H groups in total. The highest BCUT2D eigenvalue weighted by Crippen LogP contribution is 2.59. The summed E-state index contributed by atoms with van der Waals surface area (Å²) in [4.78, 5) is 36.6. The SMILES string of the molecule is COc1ccc2c(c1)CCC2NC(P(=O)(O)O)P(=O)(O)O. The fraction of sp³-hybridized carbons (Fsp3) is 0.455. The van der Waals surface area contributed by atoms with E-state index in [0.29, 0.717) is 18.6 Å². The van der Waals surface area contributed by atoms with Crippen LogP contribution in [-0.4, -0.2) is 32.2 Å². The predicted octanol–water partition coefficient (Wildman–Crippen LogP) is 0.911. The zero-order chi connectivity index (χ0) is 15.8. The summed E-state index contributed by atoms with van der Waals surface area (Å²) in [6.45, 7) is 0. The van der Waals surface area contributed by atoms with E-state index in [1.165, 1.54) is 7.11 Å². The van der Waals surface area contributed by atoms with E-state index in [4.69, 9.17) is 24.3 Å². The Hall–Kier alpha value is -0.720. The average Bonchev–Trinajstić information content (AvgIpc) is 2.75. The third-order valence-corrected chi connectivity index (χ3v) is 6.79. The van der Waals surface area contributed by atoms with Gasteiger partial charge in [0.2, 0.25) is 5.52 Å². The average molecular weight is 337 g/mol. The number of rotatable bonds is 5. The maximum Gasteiger partial charge on any atom is 0.354 e. The molecule has 1 aromatic rings. The zero-order valence-electron chi connectivity index (χ0n) is 11.2. The number of benzene rings is 1. The van der Waals surface area contributed by atoms with Gasteiger partial charge in [0.25, 0.3) is 0 Å². The molecule has 8 nitrogen and oxygen atoms in total. The van der Waals surface area contributed by atoms with Crippen molar-refractivity contribution in [3.8, 4) is 5.75 Å². The summed E-state index contributed by atoms with van der Waals surface area (Å²) in [6, 6.07) is 4.72. The van der Waals surface area contributed by atoms with Crippen molar-refractivity contribution >= 4 is 15.2 Å². The molecule has 21 heavy (non-hydrogen) atoms. The topological polar surface area (TPSA) is 136 Å². The Morgan fingerprint density at radius 2 is 1.86 bits per heavy atom. The molecule has 10 heteroatoms. The van der Waals surface area contributed by atoms with E-state index >= 15 is 0 Å². The largest absolute Gasteiger partial charge is 0.497 e. The van der Waals surface area contributed by atoms with Gasteiger partial charge in [-0.3, -0.25) is 14.4 Å². The number of hydrogen-bond acceptors (Lipinski definition) is 4. The molecule has 1 aliphatic rings. The number of nitrogens with one attached hydrogen (secondary N) is 1. The van der Waals surface area contributed by atoms with Gasteiger partial charge in [-0.25, -0.2) is 0 Å². The van der Waals surface area contributed by atoms with Crippen molar-refractivity contribution < 1.29 is 33.4 Å². The number of methoxy groups -OCH3 is 1. The molecule has 0 amide bonds. The standard InChI is InChI=1S/C11H17NO7P2/c1-19-8-3-4-9-7(6-8)2-5-10(9)12-11(20(13,14)15)21(16,17)18/h3-4,6,10-12H,2,5H2,1H3,(H2,13,14,15)(H2,16,17,18). The van der Waals surface area contributed by atoms with E-state index in [2.05, 4.69) is 5.32 Å².